The molecule has 0 saturated carbocycles. The Balaban J connectivity index is 2.42. The molecule has 0 bridgehead atoms. The number of hydrogen-bond acceptors (Lipinski definition) is 6. The number of alkyl halides is 3. The van der Waals surface area contributed by atoms with Crippen LogP contribution in [0.25, 0.3) is 0 Å². The van der Waals surface area contributed by atoms with Gasteiger partial charge in [-0.15, -0.1) is 0 Å². The van der Waals surface area contributed by atoms with Gasteiger partial charge in [-0.2, -0.15) is 17.6 Å². The number of ether oxygens (including phenoxy) is 1. The molecular formula is C11H11F4N3O6. The number of rotatable bonds is 3. The Bertz CT molecular complexity index is 745. The maximum atomic E-state index is 13.3. The third-order valence-corrected chi connectivity index (χ3v) is 3.30. The number of nitrogens with one attached hydrogen (secondary N) is 2. The molecule has 1 amide bonds. The lowest BCUT2D eigenvalue weighted by atomic mass is 10.1. The van der Waals surface area contributed by atoms with Crippen LogP contribution in [0.3, 0.4) is 0 Å². The molecule has 0 aliphatic carbocycles. The normalized spacial score (nSPS) is 27.2. The van der Waals surface area contributed by atoms with Crippen LogP contribution in [0.5, 0.6) is 0 Å². The summed E-state index contributed by atoms with van der Waals surface area (Å²) in [5, 5.41) is 20.3. The highest BCUT2D eigenvalue weighted by atomic mass is 19.4. The van der Waals surface area contributed by atoms with E-state index in [9.17, 15) is 37.1 Å². The zero-order chi connectivity index (χ0) is 18.2. The lowest BCUT2D eigenvalue weighted by Gasteiger charge is -2.23. The second-order valence-electron chi connectivity index (χ2n) is 4.88. The highest BCUT2D eigenvalue weighted by Gasteiger charge is 2.49. The number of carbonyl (C=O) groups is 1. The Morgan fingerprint density at radius 2 is 2.04 bits per heavy atom. The fourth-order valence-corrected chi connectivity index (χ4v) is 2.17. The van der Waals surface area contributed by atoms with Gasteiger partial charge in [-0.1, -0.05) is 0 Å². The largest absolute Gasteiger partial charge is 0.471 e. The first-order valence-electron chi connectivity index (χ1n) is 6.39. The predicted octanol–water partition coefficient (Wildman–Crippen LogP) is -2.03. The van der Waals surface area contributed by atoms with E-state index in [0.717, 1.165) is 0 Å². The first kappa shape index (κ1) is 18.1. The molecule has 2 rings (SSSR count). The van der Waals surface area contributed by atoms with Gasteiger partial charge in [-0.3, -0.25) is 19.1 Å². The van der Waals surface area contributed by atoms with Crippen molar-refractivity contribution in [3.05, 3.63) is 32.9 Å². The number of aliphatic hydroxyl groups is 2. The van der Waals surface area contributed by atoms with Crippen molar-refractivity contribution in [3.63, 3.8) is 0 Å². The minimum absolute atomic E-state index is 0.352. The van der Waals surface area contributed by atoms with Crippen molar-refractivity contribution in [2.45, 2.75) is 30.7 Å². The highest BCUT2D eigenvalue weighted by Crippen LogP contribution is 2.29. The van der Waals surface area contributed by atoms with Gasteiger partial charge in [0.05, 0.1) is 12.8 Å². The van der Waals surface area contributed by atoms with Gasteiger partial charge in [0.2, 0.25) is 5.82 Å². The number of aromatic amines is 1. The van der Waals surface area contributed by atoms with E-state index in [0.29, 0.717) is 10.8 Å². The van der Waals surface area contributed by atoms with E-state index in [1.165, 1.54) is 5.32 Å². The summed E-state index contributed by atoms with van der Waals surface area (Å²) in [6.07, 6.45) is -10.0. The number of nitrogens with zero attached hydrogens (tertiary/aromatic N) is 1. The summed E-state index contributed by atoms with van der Waals surface area (Å²) in [7, 11) is 0. The molecule has 0 radical (unpaired) electrons. The summed E-state index contributed by atoms with van der Waals surface area (Å²) in [4.78, 5) is 35.3. The van der Waals surface area contributed by atoms with E-state index in [2.05, 4.69) is 0 Å². The van der Waals surface area contributed by atoms with E-state index in [4.69, 9.17) is 9.84 Å². The van der Waals surface area contributed by atoms with Crippen molar-refractivity contribution in [2.75, 3.05) is 6.61 Å². The van der Waals surface area contributed by atoms with Gasteiger partial charge in [-0.25, -0.2) is 4.79 Å². The monoisotopic (exact) mass is 357 g/mol. The number of aromatic nitrogens is 2. The molecule has 1 aliphatic rings. The van der Waals surface area contributed by atoms with Crippen molar-refractivity contribution in [3.8, 4) is 0 Å². The number of carbonyl (C=O) groups excluding carboxylic acids is 1. The number of hydrogen-bond donors (Lipinski definition) is 4. The molecule has 0 aromatic carbocycles. The first-order chi connectivity index (χ1) is 11.1. The molecule has 1 aromatic rings. The molecule has 4 N–H and O–H groups in total. The summed E-state index contributed by atoms with van der Waals surface area (Å²) >= 11 is 0. The van der Waals surface area contributed by atoms with Crippen LogP contribution >= 0.6 is 0 Å². The third kappa shape index (κ3) is 3.32. The summed E-state index contributed by atoms with van der Waals surface area (Å²) in [6.45, 7) is -0.851. The van der Waals surface area contributed by atoms with E-state index in [1.54, 1.807) is 4.98 Å². The summed E-state index contributed by atoms with van der Waals surface area (Å²) in [5.41, 5.74) is -2.62. The molecular weight excluding hydrogens is 346 g/mol. The second kappa shape index (κ2) is 6.33. The molecule has 0 unspecified atom stereocenters. The maximum absolute atomic E-state index is 13.3. The van der Waals surface area contributed by atoms with Gasteiger partial charge in [0.15, 0.2) is 6.23 Å². The number of halogens is 4. The molecule has 1 aromatic heterocycles. The Kier molecular flexibility index (Phi) is 4.77. The standard InChI is InChI=1S/C11H11F4N3O6/c12-3-1-18(10(23)17-7(3)21)8-5(6(20)4(2-19)24-8)16-9(22)11(13,14)15/h1,4-6,8,19-20H,2H2,(H,16,22)(H,17,21,23)/t4-,5-,6-,8-/m1/s1. The van der Waals surface area contributed by atoms with Crippen LogP contribution in [0.2, 0.25) is 0 Å². The highest BCUT2D eigenvalue weighted by molar-refractivity contribution is 5.82. The third-order valence-electron chi connectivity index (χ3n) is 3.30. The molecule has 4 atom stereocenters. The van der Waals surface area contributed by atoms with Gasteiger partial charge in [0, 0.05) is 0 Å². The van der Waals surface area contributed by atoms with Crippen LogP contribution in [0.4, 0.5) is 17.6 Å². The Labute approximate surface area is 129 Å². The van der Waals surface area contributed by atoms with Gasteiger partial charge < -0.3 is 20.3 Å². The Hall–Kier alpha value is -2.25. The minimum Gasteiger partial charge on any atom is -0.394 e. The second-order valence-corrected chi connectivity index (χ2v) is 4.88. The summed E-state index contributed by atoms with van der Waals surface area (Å²) < 4.78 is 55.8. The van der Waals surface area contributed by atoms with Crippen LogP contribution in [-0.4, -0.2) is 56.7 Å². The molecule has 1 saturated heterocycles. The van der Waals surface area contributed by atoms with Gasteiger partial charge in [0.1, 0.15) is 18.2 Å². The summed E-state index contributed by atoms with van der Waals surface area (Å²) in [6, 6.07) is -1.83. The SMILES string of the molecule is O=C(N[C@@H]1[C@H](O)[C@@H](CO)O[C@H]1n1cc(F)c(=O)[nH]c1=O)C(F)(F)F. The van der Waals surface area contributed by atoms with Crippen molar-refractivity contribution in [1.82, 2.24) is 14.9 Å². The minimum atomic E-state index is -5.29. The number of aliphatic hydroxyl groups excluding tert-OH is 2. The average Bonchev–Trinajstić information content (AvgIpc) is 2.78. The zero-order valence-corrected chi connectivity index (χ0v) is 11.6. The van der Waals surface area contributed by atoms with Gasteiger partial charge in [-0.05, 0) is 0 Å². The molecule has 24 heavy (non-hydrogen) atoms. The van der Waals surface area contributed by atoms with E-state index >= 15 is 0 Å². The molecule has 13 heteroatoms. The van der Waals surface area contributed by atoms with Crippen LogP contribution in [0.15, 0.2) is 15.8 Å². The quantitative estimate of drug-likeness (QED) is 0.461. The van der Waals surface area contributed by atoms with Crippen LogP contribution < -0.4 is 16.6 Å². The first-order valence-corrected chi connectivity index (χ1v) is 6.39. The predicted molar refractivity (Wildman–Crippen MR) is 66.3 cm³/mol. The van der Waals surface area contributed by atoms with Crippen LogP contribution in [0.1, 0.15) is 6.23 Å². The maximum Gasteiger partial charge on any atom is 0.471 e. The zero-order valence-electron chi connectivity index (χ0n) is 11.6. The Morgan fingerprint density at radius 1 is 1.42 bits per heavy atom. The fraction of sp³-hybridized carbons (Fsp3) is 0.545. The topological polar surface area (TPSA) is 134 Å². The molecule has 134 valence electrons. The number of amides is 1. The van der Waals surface area contributed by atoms with Crippen molar-refractivity contribution in [1.29, 1.82) is 0 Å². The molecule has 9 nitrogen and oxygen atoms in total. The van der Waals surface area contributed by atoms with Crippen LogP contribution in [-0.2, 0) is 9.53 Å². The van der Waals surface area contributed by atoms with Gasteiger partial charge in [0.25, 0.3) is 5.56 Å². The number of H-pyrrole nitrogens is 1. The smallest absolute Gasteiger partial charge is 0.394 e. The fourth-order valence-electron chi connectivity index (χ4n) is 2.17. The lowest BCUT2D eigenvalue weighted by molar-refractivity contribution is -0.175. The van der Waals surface area contributed by atoms with Crippen molar-refractivity contribution < 1.29 is 37.3 Å². The molecule has 1 fully saturated rings. The van der Waals surface area contributed by atoms with Crippen molar-refractivity contribution >= 4 is 5.91 Å². The van der Waals surface area contributed by atoms with E-state index in [1.807, 2.05) is 0 Å². The molecule has 1 aliphatic heterocycles. The average molecular weight is 357 g/mol. The summed E-state index contributed by atoms with van der Waals surface area (Å²) in [5.74, 6) is -3.88. The van der Waals surface area contributed by atoms with Gasteiger partial charge >= 0.3 is 17.8 Å². The lowest BCUT2D eigenvalue weighted by Crippen LogP contribution is -2.52. The van der Waals surface area contributed by atoms with E-state index < -0.39 is 60.2 Å². The van der Waals surface area contributed by atoms with Crippen LogP contribution in [0, 0.1) is 5.82 Å². The van der Waals surface area contributed by atoms with Crippen molar-refractivity contribution in [2.24, 2.45) is 0 Å². The van der Waals surface area contributed by atoms with E-state index in [-0.39, 0.29) is 0 Å². The molecule has 2 heterocycles. The Morgan fingerprint density at radius 3 is 2.58 bits per heavy atom. The molecule has 0 spiro atoms.